The summed E-state index contributed by atoms with van der Waals surface area (Å²) in [7, 11) is 0. The molecule has 0 aromatic rings. The first-order valence-corrected chi connectivity index (χ1v) is 4.39. The van der Waals surface area contributed by atoms with Gasteiger partial charge in [0.25, 0.3) is 0 Å². The Balaban J connectivity index is 3.87. The summed E-state index contributed by atoms with van der Waals surface area (Å²) in [5.74, 6) is -0.194. The zero-order chi connectivity index (χ0) is 10.3. The Bertz CT molecular complexity index is 216. The first-order chi connectivity index (χ1) is 6.06. The molecule has 0 saturated carbocycles. The highest BCUT2D eigenvalue weighted by Crippen LogP contribution is 2.04. The number of ether oxygens (including phenoxy) is 1. The van der Waals surface area contributed by atoms with Crippen molar-refractivity contribution in [2.75, 3.05) is 6.61 Å². The summed E-state index contributed by atoms with van der Waals surface area (Å²) >= 11 is 0. The van der Waals surface area contributed by atoms with Crippen LogP contribution in [-0.2, 0) is 14.3 Å². The molecule has 13 heavy (non-hydrogen) atoms. The van der Waals surface area contributed by atoms with Crippen LogP contribution in [0.25, 0.3) is 0 Å². The molecule has 3 nitrogen and oxygen atoms in total. The van der Waals surface area contributed by atoms with Crippen LogP contribution in [-0.4, -0.2) is 18.4 Å². The fourth-order valence-corrected chi connectivity index (χ4v) is 0.830. The maximum atomic E-state index is 10.9. The number of ketones is 1. The molecular formula is C10H16O3. The molecule has 0 atom stereocenters. The third-order valence-corrected chi connectivity index (χ3v) is 1.52. The number of esters is 1. The van der Waals surface area contributed by atoms with Crippen LogP contribution in [0.4, 0.5) is 0 Å². The smallest absolute Gasteiger partial charge is 0.330 e. The molecule has 0 spiro atoms. The predicted octanol–water partition coefficient (Wildman–Crippen LogP) is 1.86. The third-order valence-electron chi connectivity index (χ3n) is 1.52. The maximum Gasteiger partial charge on any atom is 0.330 e. The quantitative estimate of drug-likeness (QED) is 0.484. The lowest BCUT2D eigenvalue weighted by Gasteiger charge is -1.99. The molecule has 0 amide bonds. The van der Waals surface area contributed by atoms with Gasteiger partial charge >= 0.3 is 5.97 Å². The highest BCUT2D eigenvalue weighted by Gasteiger charge is 1.99. The van der Waals surface area contributed by atoms with E-state index in [1.165, 1.54) is 13.0 Å². The van der Waals surface area contributed by atoms with E-state index in [9.17, 15) is 9.59 Å². The number of carbonyl (C=O) groups is 2. The maximum absolute atomic E-state index is 10.9. The number of hydrogen-bond acceptors (Lipinski definition) is 3. The lowest BCUT2D eigenvalue weighted by atomic mass is 10.1. The van der Waals surface area contributed by atoms with Crippen LogP contribution in [0.5, 0.6) is 0 Å². The van der Waals surface area contributed by atoms with E-state index >= 15 is 0 Å². The van der Waals surface area contributed by atoms with Gasteiger partial charge in [-0.15, -0.1) is 0 Å². The molecular weight excluding hydrogens is 168 g/mol. The molecule has 0 radical (unpaired) electrons. The Kier molecular flexibility index (Phi) is 5.85. The second-order valence-corrected chi connectivity index (χ2v) is 2.94. The van der Waals surface area contributed by atoms with Crippen molar-refractivity contribution in [1.29, 1.82) is 0 Å². The van der Waals surface area contributed by atoms with E-state index in [1.54, 1.807) is 6.92 Å². The van der Waals surface area contributed by atoms with E-state index in [4.69, 9.17) is 4.74 Å². The Morgan fingerprint density at radius 1 is 1.23 bits per heavy atom. The number of allylic oxidation sites excluding steroid dienone is 1. The van der Waals surface area contributed by atoms with Gasteiger partial charge in [0.1, 0.15) is 5.78 Å². The van der Waals surface area contributed by atoms with Gasteiger partial charge in [-0.05, 0) is 27.2 Å². The highest BCUT2D eigenvalue weighted by molar-refractivity contribution is 5.83. The molecule has 0 bridgehead atoms. The van der Waals surface area contributed by atoms with E-state index in [2.05, 4.69) is 0 Å². The summed E-state index contributed by atoms with van der Waals surface area (Å²) in [6, 6.07) is 0. The van der Waals surface area contributed by atoms with Gasteiger partial charge in [0.15, 0.2) is 0 Å². The molecule has 0 saturated heterocycles. The molecule has 0 aliphatic carbocycles. The van der Waals surface area contributed by atoms with Crippen LogP contribution < -0.4 is 0 Å². The summed E-state index contributed by atoms with van der Waals surface area (Å²) in [5.41, 5.74) is 0.883. The van der Waals surface area contributed by atoms with Crippen molar-refractivity contribution in [3.05, 3.63) is 11.6 Å². The minimum atomic E-state index is -0.330. The van der Waals surface area contributed by atoms with Gasteiger partial charge in [-0.2, -0.15) is 0 Å². The van der Waals surface area contributed by atoms with Gasteiger partial charge in [0.05, 0.1) is 6.61 Å². The lowest BCUT2D eigenvalue weighted by molar-refractivity contribution is -0.137. The zero-order valence-electron chi connectivity index (χ0n) is 8.42. The molecule has 0 N–H and O–H groups in total. The Hall–Kier alpha value is -1.12. The Labute approximate surface area is 78.8 Å². The monoisotopic (exact) mass is 184 g/mol. The van der Waals surface area contributed by atoms with Gasteiger partial charge in [-0.25, -0.2) is 4.79 Å². The molecule has 0 heterocycles. The average Bonchev–Trinajstić information content (AvgIpc) is 2.01. The lowest BCUT2D eigenvalue weighted by Crippen LogP contribution is -2.01. The van der Waals surface area contributed by atoms with Crippen LogP contribution >= 0.6 is 0 Å². The van der Waals surface area contributed by atoms with E-state index in [-0.39, 0.29) is 11.8 Å². The predicted molar refractivity (Wildman–Crippen MR) is 50.3 cm³/mol. The Morgan fingerprint density at radius 2 is 1.85 bits per heavy atom. The first kappa shape index (κ1) is 11.9. The van der Waals surface area contributed by atoms with Gasteiger partial charge in [-0.1, -0.05) is 5.57 Å². The summed E-state index contributed by atoms with van der Waals surface area (Å²) in [4.78, 5) is 21.5. The van der Waals surface area contributed by atoms with Crippen LogP contribution in [0.2, 0.25) is 0 Å². The molecule has 74 valence electrons. The average molecular weight is 184 g/mol. The van der Waals surface area contributed by atoms with Crippen molar-refractivity contribution in [2.24, 2.45) is 0 Å². The van der Waals surface area contributed by atoms with E-state index in [1.807, 2.05) is 6.92 Å². The van der Waals surface area contributed by atoms with E-state index in [0.717, 1.165) is 5.57 Å². The number of carbonyl (C=O) groups excluding carboxylic acids is 2. The van der Waals surface area contributed by atoms with Crippen molar-refractivity contribution < 1.29 is 14.3 Å². The number of Topliss-reactive ketones (excluding diaryl/α,β-unsaturated/α-hetero) is 1. The zero-order valence-corrected chi connectivity index (χ0v) is 8.42. The van der Waals surface area contributed by atoms with Crippen molar-refractivity contribution in [3.63, 3.8) is 0 Å². The highest BCUT2D eigenvalue weighted by atomic mass is 16.5. The molecule has 0 rings (SSSR count). The fraction of sp³-hybridized carbons (Fsp3) is 0.600. The minimum absolute atomic E-state index is 0.136. The fourth-order valence-electron chi connectivity index (χ4n) is 0.830. The second kappa shape index (κ2) is 6.40. The molecule has 0 fully saturated rings. The molecule has 0 aromatic carbocycles. The van der Waals surface area contributed by atoms with Crippen LogP contribution in [0, 0.1) is 0 Å². The third kappa shape index (κ3) is 7.25. The van der Waals surface area contributed by atoms with E-state index < -0.39 is 0 Å². The normalized spacial score (nSPS) is 11.2. The summed E-state index contributed by atoms with van der Waals surface area (Å²) in [6.07, 6.45) is 2.56. The first-order valence-electron chi connectivity index (χ1n) is 4.39. The Morgan fingerprint density at radius 3 is 2.31 bits per heavy atom. The number of rotatable bonds is 5. The van der Waals surface area contributed by atoms with Crippen LogP contribution in [0.3, 0.4) is 0 Å². The summed E-state index contributed by atoms with van der Waals surface area (Å²) < 4.78 is 4.72. The molecule has 3 heteroatoms. The molecule has 0 aromatic heterocycles. The van der Waals surface area contributed by atoms with Gasteiger partial charge in [-0.3, -0.25) is 0 Å². The topological polar surface area (TPSA) is 43.4 Å². The van der Waals surface area contributed by atoms with Gasteiger partial charge < -0.3 is 9.53 Å². The van der Waals surface area contributed by atoms with Gasteiger partial charge in [0.2, 0.25) is 0 Å². The van der Waals surface area contributed by atoms with Gasteiger partial charge in [0, 0.05) is 12.5 Å². The van der Waals surface area contributed by atoms with Crippen molar-refractivity contribution in [2.45, 2.75) is 33.6 Å². The van der Waals surface area contributed by atoms with Crippen molar-refractivity contribution in [3.8, 4) is 0 Å². The van der Waals surface area contributed by atoms with Crippen LogP contribution in [0.1, 0.15) is 33.6 Å². The van der Waals surface area contributed by atoms with E-state index in [0.29, 0.717) is 19.4 Å². The second-order valence-electron chi connectivity index (χ2n) is 2.94. The molecule has 0 aliphatic rings. The van der Waals surface area contributed by atoms with Crippen LogP contribution in [0.15, 0.2) is 11.6 Å². The standard InChI is InChI=1S/C10H16O3/c1-4-13-10(12)7-8(2)5-6-9(3)11/h7H,4-6H2,1-3H3/b8-7+. The summed E-state index contributed by atoms with van der Waals surface area (Å²) in [5, 5.41) is 0. The molecule has 0 aliphatic heterocycles. The van der Waals surface area contributed by atoms with Crippen molar-refractivity contribution >= 4 is 11.8 Å². The number of hydrogen-bond donors (Lipinski definition) is 0. The SMILES string of the molecule is CCOC(=O)/C=C(\C)CCC(C)=O. The largest absolute Gasteiger partial charge is 0.463 e. The van der Waals surface area contributed by atoms with Crippen molar-refractivity contribution in [1.82, 2.24) is 0 Å². The molecule has 0 unspecified atom stereocenters. The summed E-state index contributed by atoms with van der Waals surface area (Å²) in [6.45, 7) is 5.50. The minimum Gasteiger partial charge on any atom is -0.463 e.